The number of guanidine groups is 1. The molecule has 1 aromatic rings. The lowest BCUT2D eigenvalue weighted by atomic mass is 10.4. The van der Waals surface area contributed by atoms with Crippen LogP contribution in [0.25, 0.3) is 0 Å². The second-order valence-corrected chi connectivity index (χ2v) is 7.75. The highest BCUT2D eigenvalue weighted by Crippen LogP contribution is 2.10. The van der Waals surface area contributed by atoms with Gasteiger partial charge in [-0.2, -0.15) is 0 Å². The van der Waals surface area contributed by atoms with Crippen LogP contribution in [0.1, 0.15) is 16.8 Å². The maximum Gasteiger partial charge on any atom is 0.211 e. The number of sulfonamides is 1. The minimum Gasteiger partial charge on any atom is -0.356 e. The lowest BCUT2D eigenvalue weighted by molar-refractivity contribution is 0.582. The van der Waals surface area contributed by atoms with Gasteiger partial charge in [-0.1, -0.05) is 0 Å². The molecule has 3 N–H and O–H groups in total. The Morgan fingerprint density at radius 3 is 2.62 bits per heavy atom. The number of nitrogens with one attached hydrogen (secondary N) is 3. The summed E-state index contributed by atoms with van der Waals surface area (Å²) >= 11 is 1.69. The van der Waals surface area contributed by atoms with Crippen LogP contribution in [0, 0.1) is 6.92 Å². The molecule has 0 aromatic carbocycles. The topological polar surface area (TPSA) is 95.5 Å². The van der Waals surface area contributed by atoms with Crippen LogP contribution in [-0.2, 0) is 16.4 Å². The molecule has 9 heteroatoms. The van der Waals surface area contributed by atoms with Crippen molar-refractivity contribution >= 4 is 27.3 Å². The van der Waals surface area contributed by atoms with Gasteiger partial charge in [0.1, 0.15) is 0 Å². The predicted molar refractivity (Wildman–Crippen MR) is 87.4 cm³/mol. The largest absolute Gasteiger partial charge is 0.356 e. The molecule has 7 nitrogen and oxygen atoms in total. The van der Waals surface area contributed by atoms with Gasteiger partial charge < -0.3 is 10.6 Å². The number of nitrogens with zero attached hydrogens (tertiary/aromatic N) is 2. The Kier molecular flexibility index (Phi) is 7.62. The quantitative estimate of drug-likeness (QED) is 0.356. The van der Waals surface area contributed by atoms with E-state index in [-0.39, 0.29) is 5.75 Å². The first-order valence-corrected chi connectivity index (χ1v) is 9.27. The Labute approximate surface area is 130 Å². The molecule has 0 radical (unpaired) electrons. The molecule has 0 amide bonds. The van der Waals surface area contributed by atoms with Crippen molar-refractivity contribution in [1.29, 1.82) is 0 Å². The van der Waals surface area contributed by atoms with E-state index in [9.17, 15) is 8.42 Å². The molecular formula is C12H23N5O2S2. The fraction of sp³-hybridized carbons (Fsp3) is 0.667. The SMILES string of the molecule is CCS(=O)(=O)NCCNC(=NC)NCCc1ncc(C)s1. The normalized spacial score (nSPS) is 12.4. The summed E-state index contributed by atoms with van der Waals surface area (Å²) in [5.41, 5.74) is 0. The van der Waals surface area contributed by atoms with Crippen molar-refractivity contribution in [3.8, 4) is 0 Å². The number of hydrogen-bond acceptors (Lipinski definition) is 5. The van der Waals surface area contributed by atoms with Gasteiger partial charge in [0.05, 0.1) is 10.8 Å². The zero-order valence-electron chi connectivity index (χ0n) is 12.6. The highest BCUT2D eigenvalue weighted by Gasteiger charge is 2.05. The van der Waals surface area contributed by atoms with Gasteiger partial charge in [-0.3, -0.25) is 4.99 Å². The molecule has 1 rings (SSSR count). The van der Waals surface area contributed by atoms with Crippen LogP contribution in [0.5, 0.6) is 0 Å². The first-order valence-electron chi connectivity index (χ1n) is 6.80. The van der Waals surface area contributed by atoms with E-state index in [0.29, 0.717) is 19.0 Å². The van der Waals surface area contributed by atoms with Crippen molar-refractivity contribution in [2.24, 2.45) is 4.99 Å². The van der Waals surface area contributed by atoms with Gasteiger partial charge >= 0.3 is 0 Å². The third-order valence-electron chi connectivity index (χ3n) is 2.64. The maximum atomic E-state index is 11.3. The van der Waals surface area contributed by atoms with Crippen LogP contribution in [0.15, 0.2) is 11.2 Å². The van der Waals surface area contributed by atoms with Crippen molar-refractivity contribution in [3.05, 3.63) is 16.1 Å². The molecule has 0 saturated carbocycles. The molecule has 1 aromatic heterocycles. The average molecular weight is 333 g/mol. The molecule has 0 aliphatic heterocycles. The van der Waals surface area contributed by atoms with Crippen LogP contribution < -0.4 is 15.4 Å². The summed E-state index contributed by atoms with van der Waals surface area (Å²) in [5.74, 6) is 0.742. The van der Waals surface area contributed by atoms with Crippen molar-refractivity contribution < 1.29 is 8.42 Å². The van der Waals surface area contributed by atoms with Crippen molar-refractivity contribution in [2.75, 3.05) is 32.4 Å². The van der Waals surface area contributed by atoms with Crippen LogP contribution in [0.3, 0.4) is 0 Å². The second kappa shape index (κ2) is 8.96. The Hall–Kier alpha value is -1.19. The fourth-order valence-corrected chi connectivity index (χ4v) is 2.92. The average Bonchev–Trinajstić information content (AvgIpc) is 2.87. The van der Waals surface area contributed by atoms with E-state index in [2.05, 4.69) is 25.3 Å². The van der Waals surface area contributed by atoms with Crippen molar-refractivity contribution in [3.63, 3.8) is 0 Å². The van der Waals surface area contributed by atoms with Crippen LogP contribution in [-0.4, -0.2) is 51.8 Å². The van der Waals surface area contributed by atoms with Gasteiger partial charge in [-0.25, -0.2) is 18.1 Å². The molecule has 0 saturated heterocycles. The zero-order valence-corrected chi connectivity index (χ0v) is 14.3. The molecule has 0 fully saturated rings. The molecule has 21 heavy (non-hydrogen) atoms. The molecule has 0 aliphatic rings. The van der Waals surface area contributed by atoms with E-state index < -0.39 is 10.0 Å². The third-order valence-corrected chi connectivity index (χ3v) is 5.02. The summed E-state index contributed by atoms with van der Waals surface area (Å²) in [6.07, 6.45) is 2.70. The third kappa shape index (κ3) is 7.39. The molecule has 120 valence electrons. The minimum absolute atomic E-state index is 0.0905. The van der Waals surface area contributed by atoms with Crippen LogP contribution in [0.2, 0.25) is 0 Å². The van der Waals surface area contributed by atoms with Gasteiger partial charge in [-0.05, 0) is 13.8 Å². The minimum atomic E-state index is -3.13. The highest BCUT2D eigenvalue weighted by molar-refractivity contribution is 7.89. The van der Waals surface area contributed by atoms with E-state index >= 15 is 0 Å². The summed E-state index contributed by atoms with van der Waals surface area (Å²) < 4.78 is 25.0. The summed E-state index contributed by atoms with van der Waals surface area (Å²) in [6, 6.07) is 0. The van der Waals surface area contributed by atoms with E-state index in [4.69, 9.17) is 0 Å². The molecule has 0 atom stereocenters. The Bertz CT molecular complexity index is 554. The first-order chi connectivity index (χ1) is 9.96. The number of aryl methyl sites for hydroxylation is 1. The number of aromatic nitrogens is 1. The van der Waals surface area contributed by atoms with Gasteiger partial charge in [0.2, 0.25) is 10.0 Å². The Morgan fingerprint density at radius 2 is 2.05 bits per heavy atom. The number of hydrogen-bond donors (Lipinski definition) is 3. The Morgan fingerprint density at radius 1 is 1.33 bits per heavy atom. The molecule has 0 unspecified atom stereocenters. The summed E-state index contributed by atoms with van der Waals surface area (Å²) in [5, 5.41) is 7.31. The number of thiazole rings is 1. The monoisotopic (exact) mass is 333 g/mol. The van der Waals surface area contributed by atoms with Crippen molar-refractivity contribution in [2.45, 2.75) is 20.3 Å². The zero-order chi connectivity index (χ0) is 15.7. The van der Waals surface area contributed by atoms with Crippen LogP contribution in [0.4, 0.5) is 0 Å². The lowest BCUT2D eigenvalue weighted by Gasteiger charge is -2.11. The molecular weight excluding hydrogens is 310 g/mol. The second-order valence-electron chi connectivity index (χ2n) is 4.34. The standard InChI is InChI=1S/C12H23N5O2S2/c1-4-21(18,19)17-8-7-15-12(13-3)14-6-5-11-16-9-10(2)20-11/h9,17H,4-8H2,1-3H3,(H2,13,14,15). The van der Waals surface area contributed by atoms with E-state index in [1.54, 1.807) is 25.3 Å². The highest BCUT2D eigenvalue weighted by atomic mass is 32.2. The summed E-state index contributed by atoms with van der Waals surface area (Å²) in [7, 11) is -1.45. The van der Waals surface area contributed by atoms with Crippen molar-refractivity contribution in [1.82, 2.24) is 20.3 Å². The number of rotatable bonds is 8. The van der Waals surface area contributed by atoms with E-state index in [1.807, 2.05) is 13.1 Å². The molecule has 0 bridgehead atoms. The van der Waals surface area contributed by atoms with Gasteiger partial charge in [0, 0.05) is 44.2 Å². The number of aliphatic imine (C=N–C) groups is 1. The summed E-state index contributed by atoms with van der Waals surface area (Å²) in [6.45, 7) is 5.19. The fourth-order valence-electron chi connectivity index (χ4n) is 1.51. The lowest BCUT2D eigenvalue weighted by Crippen LogP contribution is -2.42. The van der Waals surface area contributed by atoms with Gasteiger partial charge in [0.25, 0.3) is 0 Å². The first kappa shape index (κ1) is 17.9. The molecule has 0 spiro atoms. The predicted octanol–water partition coefficient (Wildman–Crippen LogP) is 0.0983. The van der Waals surface area contributed by atoms with E-state index in [0.717, 1.165) is 18.0 Å². The summed E-state index contributed by atoms with van der Waals surface area (Å²) in [4.78, 5) is 9.57. The van der Waals surface area contributed by atoms with Crippen LogP contribution >= 0.6 is 11.3 Å². The van der Waals surface area contributed by atoms with Gasteiger partial charge in [0.15, 0.2) is 5.96 Å². The van der Waals surface area contributed by atoms with E-state index in [1.165, 1.54) is 4.88 Å². The van der Waals surface area contributed by atoms with Gasteiger partial charge in [-0.15, -0.1) is 11.3 Å². The molecule has 1 heterocycles. The Balaban J connectivity index is 2.20. The molecule has 0 aliphatic carbocycles. The maximum absolute atomic E-state index is 11.3. The smallest absolute Gasteiger partial charge is 0.211 e.